The van der Waals surface area contributed by atoms with Crippen LogP contribution in [0, 0.1) is 5.82 Å². The van der Waals surface area contributed by atoms with Crippen molar-refractivity contribution in [3.63, 3.8) is 0 Å². The highest BCUT2D eigenvalue weighted by molar-refractivity contribution is 5.48. The van der Waals surface area contributed by atoms with Crippen LogP contribution in [0.4, 0.5) is 10.1 Å². The van der Waals surface area contributed by atoms with Gasteiger partial charge in [0.1, 0.15) is 5.82 Å². The minimum absolute atomic E-state index is 0.141. The average molecular weight is 240 g/mol. The Balaban J connectivity index is 2.70. The lowest BCUT2D eigenvalue weighted by molar-refractivity contribution is 0.196. The number of nitrogens with zero attached hydrogens (tertiary/aromatic N) is 1. The Hall–Kier alpha value is -1.13. The molecule has 1 rings (SSSR count). The van der Waals surface area contributed by atoms with Crippen LogP contribution in [-0.4, -0.2) is 27.3 Å². The molecule has 0 radical (unpaired) electrons. The van der Waals surface area contributed by atoms with E-state index >= 15 is 0 Å². The zero-order valence-corrected chi connectivity index (χ0v) is 10.7. The maximum Gasteiger partial charge on any atom is 0.146 e. The summed E-state index contributed by atoms with van der Waals surface area (Å²) in [6, 6.07) is 5.01. The third kappa shape index (κ3) is 3.98. The normalized spacial score (nSPS) is 12.5. The van der Waals surface area contributed by atoms with Crippen LogP contribution in [0.5, 0.6) is 0 Å². The summed E-state index contributed by atoms with van der Waals surface area (Å²) in [4.78, 5) is 1.89. The molecule has 0 spiro atoms. The fraction of sp³-hybridized carbons (Fsp3) is 0.538. The highest BCUT2D eigenvalue weighted by Gasteiger charge is 2.09. The fourth-order valence-electron chi connectivity index (χ4n) is 1.68. The Kier molecular flexibility index (Phi) is 5.38. The third-order valence-corrected chi connectivity index (χ3v) is 2.75. The standard InChI is InChI=1S/C13H21FN2O/c1-10(15)11-5-6-13(12(14)9-11)16(2)7-4-8-17-3/h5-6,9-10H,4,7-8,15H2,1-3H3/t10-/m1/s1. The molecule has 1 aromatic rings. The second-order valence-electron chi connectivity index (χ2n) is 4.27. The van der Waals surface area contributed by atoms with E-state index in [1.165, 1.54) is 6.07 Å². The van der Waals surface area contributed by atoms with Gasteiger partial charge in [-0.1, -0.05) is 6.07 Å². The molecule has 96 valence electrons. The van der Waals surface area contributed by atoms with Crippen molar-refractivity contribution >= 4 is 5.69 Å². The molecule has 0 saturated carbocycles. The molecular weight excluding hydrogens is 219 g/mol. The SMILES string of the molecule is COCCCN(C)c1ccc([C@@H](C)N)cc1F. The van der Waals surface area contributed by atoms with E-state index in [9.17, 15) is 4.39 Å². The van der Waals surface area contributed by atoms with Crippen LogP contribution in [0.3, 0.4) is 0 Å². The second-order valence-corrected chi connectivity index (χ2v) is 4.27. The fourth-order valence-corrected chi connectivity index (χ4v) is 1.68. The monoisotopic (exact) mass is 240 g/mol. The molecule has 0 fully saturated rings. The first-order valence-corrected chi connectivity index (χ1v) is 5.81. The van der Waals surface area contributed by atoms with Gasteiger partial charge in [0, 0.05) is 33.4 Å². The van der Waals surface area contributed by atoms with Crippen molar-refractivity contribution in [2.75, 3.05) is 32.2 Å². The summed E-state index contributed by atoms with van der Waals surface area (Å²) in [6.45, 7) is 3.29. The molecule has 0 saturated heterocycles. The molecule has 3 nitrogen and oxygen atoms in total. The average Bonchev–Trinajstić information content (AvgIpc) is 2.28. The van der Waals surface area contributed by atoms with Crippen LogP contribution >= 0.6 is 0 Å². The van der Waals surface area contributed by atoms with Crippen molar-refractivity contribution in [3.8, 4) is 0 Å². The molecule has 1 atom stereocenters. The Morgan fingerprint density at radius 2 is 2.18 bits per heavy atom. The number of methoxy groups -OCH3 is 1. The van der Waals surface area contributed by atoms with Crippen LogP contribution in [-0.2, 0) is 4.74 Å². The van der Waals surface area contributed by atoms with Gasteiger partial charge >= 0.3 is 0 Å². The van der Waals surface area contributed by atoms with E-state index in [-0.39, 0.29) is 11.9 Å². The van der Waals surface area contributed by atoms with Gasteiger partial charge in [-0.05, 0) is 31.0 Å². The molecule has 0 amide bonds. The molecule has 0 aromatic heterocycles. The lowest BCUT2D eigenvalue weighted by Gasteiger charge is -2.20. The van der Waals surface area contributed by atoms with Crippen LogP contribution < -0.4 is 10.6 Å². The van der Waals surface area contributed by atoms with E-state index in [0.717, 1.165) is 18.5 Å². The lowest BCUT2D eigenvalue weighted by atomic mass is 10.1. The molecule has 2 N–H and O–H groups in total. The van der Waals surface area contributed by atoms with Crippen molar-refractivity contribution < 1.29 is 9.13 Å². The molecule has 0 aliphatic rings. The summed E-state index contributed by atoms with van der Waals surface area (Å²) < 4.78 is 18.8. The van der Waals surface area contributed by atoms with Gasteiger partial charge in [0.25, 0.3) is 0 Å². The first-order chi connectivity index (χ1) is 8.06. The first kappa shape index (κ1) is 13.9. The topological polar surface area (TPSA) is 38.5 Å². The van der Waals surface area contributed by atoms with E-state index < -0.39 is 0 Å². The molecule has 0 unspecified atom stereocenters. The number of rotatable bonds is 6. The lowest BCUT2D eigenvalue weighted by Crippen LogP contribution is -2.21. The van der Waals surface area contributed by atoms with Crippen LogP contribution in [0.1, 0.15) is 24.9 Å². The maximum atomic E-state index is 13.8. The van der Waals surface area contributed by atoms with Crippen LogP contribution in [0.2, 0.25) is 0 Å². The van der Waals surface area contributed by atoms with E-state index in [2.05, 4.69) is 0 Å². The van der Waals surface area contributed by atoms with Crippen molar-refractivity contribution in [2.45, 2.75) is 19.4 Å². The molecule has 0 bridgehead atoms. The molecule has 4 heteroatoms. The first-order valence-electron chi connectivity index (χ1n) is 5.81. The quantitative estimate of drug-likeness (QED) is 0.775. The van der Waals surface area contributed by atoms with Crippen molar-refractivity contribution in [2.24, 2.45) is 5.73 Å². The van der Waals surface area contributed by atoms with Gasteiger partial charge < -0.3 is 15.4 Å². The van der Waals surface area contributed by atoms with Gasteiger partial charge in [-0.25, -0.2) is 4.39 Å². The van der Waals surface area contributed by atoms with Crippen LogP contribution in [0.25, 0.3) is 0 Å². The summed E-state index contributed by atoms with van der Waals surface area (Å²) in [5.74, 6) is -0.222. The largest absolute Gasteiger partial charge is 0.385 e. The highest BCUT2D eigenvalue weighted by atomic mass is 19.1. The van der Waals surface area contributed by atoms with Gasteiger partial charge in [0.15, 0.2) is 0 Å². The summed E-state index contributed by atoms with van der Waals surface area (Å²) in [5.41, 5.74) is 7.13. The molecule has 1 aromatic carbocycles. The minimum atomic E-state index is -0.222. The highest BCUT2D eigenvalue weighted by Crippen LogP contribution is 2.21. The number of halogens is 1. The Bertz CT molecular complexity index is 355. The summed E-state index contributed by atoms with van der Waals surface area (Å²) >= 11 is 0. The third-order valence-electron chi connectivity index (χ3n) is 2.75. The number of benzene rings is 1. The predicted octanol–water partition coefficient (Wildman–Crippen LogP) is 2.32. The Morgan fingerprint density at radius 1 is 1.47 bits per heavy atom. The zero-order chi connectivity index (χ0) is 12.8. The Morgan fingerprint density at radius 3 is 2.71 bits per heavy atom. The van der Waals surface area contributed by atoms with E-state index in [4.69, 9.17) is 10.5 Å². The van der Waals surface area contributed by atoms with Gasteiger partial charge in [0.05, 0.1) is 5.69 Å². The second kappa shape index (κ2) is 6.57. The van der Waals surface area contributed by atoms with Gasteiger partial charge in [0.2, 0.25) is 0 Å². The molecule has 0 aliphatic heterocycles. The molecule has 0 aliphatic carbocycles. The smallest absolute Gasteiger partial charge is 0.146 e. The molecule has 0 heterocycles. The van der Waals surface area contributed by atoms with Gasteiger partial charge in [-0.15, -0.1) is 0 Å². The number of hydrogen-bond acceptors (Lipinski definition) is 3. The number of hydrogen-bond donors (Lipinski definition) is 1. The van der Waals surface area contributed by atoms with Crippen molar-refractivity contribution in [3.05, 3.63) is 29.6 Å². The van der Waals surface area contributed by atoms with Crippen molar-refractivity contribution in [1.29, 1.82) is 0 Å². The Labute approximate surface area is 102 Å². The number of nitrogens with two attached hydrogens (primary N) is 1. The summed E-state index contributed by atoms with van der Waals surface area (Å²) in [7, 11) is 3.54. The number of anilines is 1. The zero-order valence-electron chi connectivity index (χ0n) is 10.7. The van der Waals surface area contributed by atoms with Gasteiger partial charge in [-0.2, -0.15) is 0 Å². The van der Waals surface area contributed by atoms with E-state index in [1.54, 1.807) is 13.2 Å². The molecular formula is C13H21FN2O. The van der Waals surface area contributed by atoms with Crippen molar-refractivity contribution in [1.82, 2.24) is 0 Å². The predicted molar refractivity (Wildman–Crippen MR) is 68.8 cm³/mol. The minimum Gasteiger partial charge on any atom is -0.385 e. The van der Waals surface area contributed by atoms with Gasteiger partial charge in [-0.3, -0.25) is 0 Å². The maximum absolute atomic E-state index is 13.8. The number of ether oxygens (including phenoxy) is 1. The van der Waals surface area contributed by atoms with E-state index in [1.807, 2.05) is 24.9 Å². The van der Waals surface area contributed by atoms with Crippen LogP contribution in [0.15, 0.2) is 18.2 Å². The van der Waals surface area contributed by atoms with E-state index in [0.29, 0.717) is 12.3 Å². The molecule has 17 heavy (non-hydrogen) atoms. The summed E-state index contributed by atoms with van der Waals surface area (Å²) in [5, 5.41) is 0. The summed E-state index contributed by atoms with van der Waals surface area (Å²) in [6.07, 6.45) is 0.876.